The van der Waals surface area contributed by atoms with Crippen molar-refractivity contribution in [2.45, 2.75) is 31.4 Å². The highest BCUT2D eigenvalue weighted by molar-refractivity contribution is 5.21. The standard InChI is InChI=1S/C20H23FN2O/c21-18-8-3-5-15(11-18)12-23-13-16-6-4-7-17(14-23)20(16,24)19-9-1-2-10-22-19/h1-3,5,8-11,16-17,24H,4,6-7,12-14H2/t16-,17-/m0/s1. The van der Waals surface area contributed by atoms with Crippen LogP contribution in [0.4, 0.5) is 4.39 Å². The molecule has 1 saturated heterocycles. The van der Waals surface area contributed by atoms with Crippen molar-refractivity contribution in [3.63, 3.8) is 0 Å². The lowest BCUT2D eigenvalue weighted by Gasteiger charge is -2.52. The average molecular weight is 326 g/mol. The van der Waals surface area contributed by atoms with Crippen LogP contribution in [0.5, 0.6) is 0 Å². The van der Waals surface area contributed by atoms with Gasteiger partial charge in [0.25, 0.3) is 0 Å². The van der Waals surface area contributed by atoms with Crippen molar-refractivity contribution >= 4 is 0 Å². The van der Waals surface area contributed by atoms with E-state index in [2.05, 4.69) is 9.88 Å². The van der Waals surface area contributed by atoms with E-state index in [9.17, 15) is 9.50 Å². The van der Waals surface area contributed by atoms with Gasteiger partial charge in [-0.05, 0) is 42.7 Å². The van der Waals surface area contributed by atoms with Crippen molar-refractivity contribution in [2.24, 2.45) is 11.8 Å². The molecule has 0 spiro atoms. The Hall–Kier alpha value is -1.78. The number of nitrogens with zero attached hydrogens (tertiary/aromatic N) is 2. The summed E-state index contributed by atoms with van der Waals surface area (Å²) in [4.78, 5) is 6.82. The number of rotatable bonds is 3. The molecular weight excluding hydrogens is 303 g/mol. The van der Waals surface area contributed by atoms with Crippen molar-refractivity contribution in [3.8, 4) is 0 Å². The van der Waals surface area contributed by atoms with Crippen molar-refractivity contribution in [1.29, 1.82) is 0 Å². The number of fused-ring (bicyclic) bond motifs is 2. The highest BCUT2D eigenvalue weighted by atomic mass is 19.1. The van der Waals surface area contributed by atoms with E-state index in [0.29, 0.717) is 0 Å². The summed E-state index contributed by atoms with van der Waals surface area (Å²) in [5.74, 6) is 0.191. The third kappa shape index (κ3) is 2.74. The van der Waals surface area contributed by atoms with Gasteiger partial charge in [0.1, 0.15) is 11.4 Å². The highest BCUT2D eigenvalue weighted by Gasteiger charge is 2.52. The van der Waals surface area contributed by atoms with E-state index in [0.717, 1.165) is 50.2 Å². The molecule has 24 heavy (non-hydrogen) atoms. The average Bonchev–Trinajstić information content (AvgIpc) is 2.57. The van der Waals surface area contributed by atoms with E-state index >= 15 is 0 Å². The van der Waals surface area contributed by atoms with E-state index in [-0.39, 0.29) is 17.7 Å². The number of halogens is 1. The third-order valence-corrected chi connectivity index (χ3v) is 5.68. The number of hydrogen-bond donors (Lipinski definition) is 1. The van der Waals surface area contributed by atoms with Crippen LogP contribution in [0.3, 0.4) is 0 Å². The lowest BCUT2D eigenvalue weighted by molar-refractivity contribution is -0.151. The Morgan fingerprint density at radius 2 is 1.92 bits per heavy atom. The van der Waals surface area contributed by atoms with Crippen LogP contribution < -0.4 is 0 Å². The Labute approximate surface area is 142 Å². The maximum absolute atomic E-state index is 13.4. The topological polar surface area (TPSA) is 36.4 Å². The number of benzene rings is 1. The molecule has 2 atom stereocenters. The van der Waals surface area contributed by atoms with Gasteiger partial charge < -0.3 is 5.11 Å². The van der Waals surface area contributed by atoms with Crippen LogP contribution in [0.15, 0.2) is 48.7 Å². The molecule has 2 bridgehead atoms. The molecule has 1 aromatic heterocycles. The van der Waals surface area contributed by atoms with Gasteiger partial charge in [0.2, 0.25) is 0 Å². The summed E-state index contributed by atoms with van der Waals surface area (Å²) in [5, 5.41) is 11.5. The minimum atomic E-state index is -0.821. The Bertz CT molecular complexity index is 692. The monoisotopic (exact) mass is 326 g/mol. The quantitative estimate of drug-likeness (QED) is 0.940. The zero-order valence-electron chi connectivity index (χ0n) is 13.7. The van der Waals surface area contributed by atoms with Crippen molar-refractivity contribution in [3.05, 3.63) is 65.7 Å². The van der Waals surface area contributed by atoms with E-state index in [1.807, 2.05) is 24.3 Å². The largest absolute Gasteiger partial charge is 0.383 e. The summed E-state index contributed by atoms with van der Waals surface area (Å²) < 4.78 is 13.4. The normalized spacial score (nSPS) is 30.2. The second-order valence-corrected chi connectivity index (χ2v) is 7.19. The molecule has 4 heteroatoms. The Balaban J connectivity index is 1.57. The van der Waals surface area contributed by atoms with E-state index in [4.69, 9.17) is 0 Å². The lowest BCUT2D eigenvalue weighted by atomic mass is 9.64. The summed E-state index contributed by atoms with van der Waals surface area (Å²) in [6.07, 6.45) is 4.97. The molecule has 3 nitrogen and oxygen atoms in total. The number of aliphatic hydroxyl groups is 1. The highest BCUT2D eigenvalue weighted by Crippen LogP contribution is 2.48. The summed E-state index contributed by atoms with van der Waals surface area (Å²) in [7, 11) is 0. The van der Waals surface area contributed by atoms with Gasteiger partial charge in [-0.1, -0.05) is 24.6 Å². The van der Waals surface area contributed by atoms with Crippen LogP contribution in [0.25, 0.3) is 0 Å². The molecule has 1 aliphatic carbocycles. The molecule has 1 aromatic carbocycles. The van der Waals surface area contributed by atoms with Gasteiger partial charge in [-0.15, -0.1) is 0 Å². The van der Waals surface area contributed by atoms with Crippen molar-refractivity contribution < 1.29 is 9.50 Å². The molecule has 2 fully saturated rings. The first-order valence-electron chi connectivity index (χ1n) is 8.77. The van der Waals surface area contributed by atoms with Gasteiger partial charge in [-0.25, -0.2) is 4.39 Å². The molecular formula is C20H23FN2O. The van der Waals surface area contributed by atoms with Crippen LogP contribution in [-0.2, 0) is 12.1 Å². The van der Waals surface area contributed by atoms with E-state index < -0.39 is 5.60 Å². The maximum Gasteiger partial charge on any atom is 0.123 e. The van der Waals surface area contributed by atoms with Crippen LogP contribution in [0, 0.1) is 17.7 Å². The maximum atomic E-state index is 13.4. The second-order valence-electron chi connectivity index (χ2n) is 7.19. The molecule has 1 saturated carbocycles. The van der Waals surface area contributed by atoms with Gasteiger partial charge >= 0.3 is 0 Å². The molecule has 0 radical (unpaired) electrons. The van der Waals surface area contributed by atoms with E-state index in [1.54, 1.807) is 18.3 Å². The fourth-order valence-electron chi connectivity index (χ4n) is 4.58. The first-order chi connectivity index (χ1) is 11.7. The van der Waals surface area contributed by atoms with Crippen molar-refractivity contribution in [1.82, 2.24) is 9.88 Å². The summed E-state index contributed by atoms with van der Waals surface area (Å²) in [6, 6.07) is 12.6. The number of piperidine rings is 1. The van der Waals surface area contributed by atoms with Gasteiger partial charge in [0.15, 0.2) is 0 Å². The number of likely N-dealkylation sites (tertiary alicyclic amines) is 1. The molecule has 0 amide bonds. The zero-order valence-corrected chi connectivity index (χ0v) is 13.7. The molecule has 2 aliphatic rings. The predicted octanol–water partition coefficient (Wildman–Crippen LogP) is 3.34. The minimum absolute atomic E-state index is 0.185. The smallest absolute Gasteiger partial charge is 0.123 e. The van der Waals surface area contributed by atoms with Gasteiger partial charge in [0.05, 0.1) is 5.69 Å². The number of pyridine rings is 1. The molecule has 4 rings (SSSR count). The summed E-state index contributed by atoms with van der Waals surface area (Å²) >= 11 is 0. The second kappa shape index (κ2) is 6.26. The van der Waals surface area contributed by atoms with Crippen LogP contribution in [0.1, 0.15) is 30.5 Å². The molecule has 126 valence electrons. The molecule has 2 heterocycles. The van der Waals surface area contributed by atoms with Gasteiger partial charge in [0, 0.05) is 37.7 Å². The number of aromatic nitrogens is 1. The fourth-order valence-corrected chi connectivity index (χ4v) is 4.58. The van der Waals surface area contributed by atoms with Gasteiger partial charge in [-0.3, -0.25) is 9.88 Å². The molecule has 1 N–H and O–H groups in total. The lowest BCUT2D eigenvalue weighted by Crippen LogP contribution is -2.58. The molecule has 0 unspecified atom stereocenters. The van der Waals surface area contributed by atoms with Crippen LogP contribution in [-0.4, -0.2) is 28.1 Å². The van der Waals surface area contributed by atoms with Crippen LogP contribution in [0.2, 0.25) is 0 Å². The first kappa shape index (κ1) is 15.7. The minimum Gasteiger partial charge on any atom is -0.383 e. The Kier molecular flexibility index (Phi) is 4.10. The Morgan fingerprint density at radius 1 is 1.12 bits per heavy atom. The Morgan fingerprint density at radius 3 is 2.58 bits per heavy atom. The van der Waals surface area contributed by atoms with Gasteiger partial charge in [-0.2, -0.15) is 0 Å². The SMILES string of the molecule is OC1(c2ccccn2)[C@H]2CCC[C@H]1CN(Cc1cccc(F)c1)C2. The first-order valence-corrected chi connectivity index (χ1v) is 8.77. The van der Waals surface area contributed by atoms with Crippen molar-refractivity contribution in [2.75, 3.05) is 13.1 Å². The molecule has 1 aliphatic heterocycles. The summed E-state index contributed by atoms with van der Waals surface area (Å²) in [5.41, 5.74) is 0.985. The fraction of sp³-hybridized carbons (Fsp3) is 0.450. The van der Waals surface area contributed by atoms with Crippen LogP contribution >= 0.6 is 0 Å². The van der Waals surface area contributed by atoms with E-state index in [1.165, 1.54) is 6.07 Å². The number of hydrogen-bond acceptors (Lipinski definition) is 3. The third-order valence-electron chi connectivity index (χ3n) is 5.68. The molecule has 2 aromatic rings. The predicted molar refractivity (Wildman–Crippen MR) is 90.6 cm³/mol. The summed E-state index contributed by atoms with van der Waals surface area (Å²) in [6.45, 7) is 2.41. The zero-order chi connectivity index (χ0) is 16.6.